The zero-order chi connectivity index (χ0) is 20.1. The van der Waals surface area contributed by atoms with Gasteiger partial charge in [-0.15, -0.1) is 0 Å². The van der Waals surface area contributed by atoms with Gasteiger partial charge in [-0.1, -0.05) is 0 Å². The van der Waals surface area contributed by atoms with Crippen LogP contribution in [0.1, 0.15) is 19.3 Å². The maximum absolute atomic E-state index is 12.5. The van der Waals surface area contributed by atoms with Crippen LogP contribution in [0.2, 0.25) is 0 Å². The molecule has 3 aliphatic heterocycles. The first-order chi connectivity index (χ1) is 13.3. The van der Waals surface area contributed by atoms with Gasteiger partial charge in [0.15, 0.2) is 0 Å². The van der Waals surface area contributed by atoms with Gasteiger partial charge in [0, 0.05) is 65.4 Å². The lowest BCUT2D eigenvalue weighted by Gasteiger charge is -2.38. The fourth-order valence-electron chi connectivity index (χ4n) is 4.10. The fraction of sp³-hybridized carbons (Fsp3) is 0.889. The number of nitrogens with zero attached hydrogens (tertiary/aromatic N) is 5. The Labute approximate surface area is 168 Å². The van der Waals surface area contributed by atoms with Gasteiger partial charge < -0.3 is 9.80 Å². The Morgan fingerprint density at radius 3 is 1.50 bits per heavy atom. The Balaban J connectivity index is 1.36. The lowest BCUT2D eigenvalue weighted by Crippen LogP contribution is -2.55. The maximum Gasteiger partial charge on any atom is 0.236 e. The predicted octanol–water partition coefficient (Wildman–Crippen LogP) is -1.28. The number of likely N-dealkylation sites (tertiary alicyclic amines) is 1. The van der Waals surface area contributed by atoms with Crippen molar-refractivity contribution in [3.8, 4) is 0 Å². The number of piperidine rings is 1. The number of hydrogen-bond acceptors (Lipinski definition) is 6. The second-order valence-electron chi connectivity index (χ2n) is 8.04. The average Bonchev–Trinajstić information content (AvgIpc) is 2.69. The summed E-state index contributed by atoms with van der Waals surface area (Å²) in [6, 6.07) is 0. The summed E-state index contributed by atoms with van der Waals surface area (Å²) in [5, 5.41) is 0. The van der Waals surface area contributed by atoms with Gasteiger partial charge in [0.1, 0.15) is 0 Å². The van der Waals surface area contributed by atoms with Crippen molar-refractivity contribution in [1.29, 1.82) is 0 Å². The standard InChI is InChI=1S/C18H33N5O4S/c1-28(26,27)23-13-11-22(12-14-23)18(25)16-20-9-7-19(8-10-20)15-17(24)21-5-3-2-4-6-21/h2-16H2,1H3. The van der Waals surface area contributed by atoms with E-state index in [4.69, 9.17) is 0 Å². The smallest absolute Gasteiger partial charge is 0.236 e. The van der Waals surface area contributed by atoms with Crippen molar-refractivity contribution >= 4 is 21.8 Å². The molecule has 2 amide bonds. The van der Waals surface area contributed by atoms with Gasteiger partial charge >= 0.3 is 0 Å². The molecule has 3 heterocycles. The van der Waals surface area contributed by atoms with Gasteiger partial charge in [-0.3, -0.25) is 19.4 Å². The highest BCUT2D eigenvalue weighted by Crippen LogP contribution is 2.11. The van der Waals surface area contributed by atoms with E-state index >= 15 is 0 Å². The summed E-state index contributed by atoms with van der Waals surface area (Å²) in [7, 11) is -3.18. The molecule has 0 unspecified atom stereocenters. The summed E-state index contributed by atoms with van der Waals surface area (Å²) in [4.78, 5) is 33.0. The predicted molar refractivity (Wildman–Crippen MR) is 106 cm³/mol. The molecule has 0 radical (unpaired) electrons. The van der Waals surface area contributed by atoms with E-state index in [2.05, 4.69) is 9.80 Å². The highest BCUT2D eigenvalue weighted by molar-refractivity contribution is 7.88. The van der Waals surface area contributed by atoms with Crippen molar-refractivity contribution in [2.45, 2.75) is 19.3 Å². The monoisotopic (exact) mass is 415 g/mol. The van der Waals surface area contributed by atoms with Crippen molar-refractivity contribution in [3.63, 3.8) is 0 Å². The van der Waals surface area contributed by atoms with Crippen molar-refractivity contribution in [2.75, 3.05) is 84.8 Å². The van der Waals surface area contributed by atoms with Crippen molar-refractivity contribution in [2.24, 2.45) is 0 Å². The summed E-state index contributed by atoms with van der Waals surface area (Å²) in [6.07, 6.45) is 4.65. The number of piperazine rings is 2. The van der Waals surface area contributed by atoms with E-state index < -0.39 is 10.0 Å². The molecular weight excluding hydrogens is 382 g/mol. The summed E-state index contributed by atoms with van der Waals surface area (Å²) in [5.41, 5.74) is 0. The van der Waals surface area contributed by atoms with Crippen LogP contribution in [0, 0.1) is 0 Å². The van der Waals surface area contributed by atoms with Crippen LogP contribution in [0.4, 0.5) is 0 Å². The quantitative estimate of drug-likeness (QED) is 0.556. The third-order valence-corrected chi connectivity index (χ3v) is 7.25. The highest BCUT2D eigenvalue weighted by Gasteiger charge is 2.28. The Bertz CT molecular complexity index is 649. The third kappa shape index (κ3) is 5.88. The van der Waals surface area contributed by atoms with Crippen LogP contribution in [-0.4, -0.2) is 129 Å². The maximum atomic E-state index is 12.5. The minimum atomic E-state index is -3.18. The van der Waals surface area contributed by atoms with Gasteiger partial charge in [-0.2, -0.15) is 4.31 Å². The molecule has 0 atom stereocenters. The molecule has 9 nitrogen and oxygen atoms in total. The molecule has 3 aliphatic rings. The molecular formula is C18H33N5O4S. The first-order valence-corrected chi connectivity index (χ1v) is 12.1. The second-order valence-corrected chi connectivity index (χ2v) is 10.0. The lowest BCUT2D eigenvalue weighted by molar-refractivity contribution is -0.136. The minimum absolute atomic E-state index is 0.0611. The van der Waals surface area contributed by atoms with Crippen LogP contribution in [-0.2, 0) is 19.6 Å². The molecule has 3 rings (SSSR count). The summed E-state index contributed by atoms with van der Waals surface area (Å²) in [6.45, 7) is 7.44. The third-order valence-electron chi connectivity index (χ3n) is 5.95. The number of sulfonamides is 1. The van der Waals surface area contributed by atoms with Gasteiger partial charge in [0.25, 0.3) is 0 Å². The topological polar surface area (TPSA) is 84.5 Å². The SMILES string of the molecule is CS(=O)(=O)N1CCN(C(=O)CN2CCN(CC(=O)N3CCCCC3)CC2)CC1. The zero-order valence-corrected chi connectivity index (χ0v) is 17.7. The van der Waals surface area contributed by atoms with Crippen LogP contribution in [0.5, 0.6) is 0 Å². The molecule has 160 valence electrons. The number of carbonyl (C=O) groups is 2. The van der Waals surface area contributed by atoms with Crippen LogP contribution in [0.25, 0.3) is 0 Å². The molecule has 0 bridgehead atoms. The molecule has 0 aromatic carbocycles. The Morgan fingerprint density at radius 2 is 1.07 bits per heavy atom. The van der Waals surface area contributed by atoms with Crippen LogP contribution in [0.3, 0.4) is 0 Å². The van der Waals surface area contributed by atoms with Crippen molar-refractivity contribution in [3.05, 3.63) is 0 Å². The van der Waals surface area contributed by atoms with Gasteiger partial charge in [-0.25, -0.2) is 8.42 Å². The largest absolute Gasteiger partial charge is 0.342 e. The van der Waals surface area contributed by atoms with E-state index in [1.165, 1.54) is 17.0 Å². The van der Waals surface area contributed by atoms with E-state index in [0.29, 0.717) is 39.3 Å². The van der Waals surface area contributed by atoms with E-state index in [9.17, 15) is 18.0 Å². The molecule has 3 fully saturated rings. The number of rotatable bonds is 5. The van der Waals surface area contributed by atoms with Gasteiger partial charge in [0.05, 0.1) is 19.3 Å². The molecule has 0 spiro atoms. The van der Waals surface area contributed by atoms with Gasteiger partial charge in [-0.05, 0) is 19.3 Å². The highest BCUT2D eigenvalue weighted by atomic mass is 32.2. The van der Waals surface area contributed by atoms with Crippen molar-refractivity contribution < 1.29 is 18.0 Å². The van der Waals surface area contributed by atoms with E-state index in [0.717, 1.165) is 52.1 Å². The molecule has 0 aliphatic carbocycles. The molecule has 0 saturated carbocycles. The molecule has 28 heavy (non-hydrogen) atoms. The molecule has 0 aromatic heterocycles. The molecule has 0 aromatic rings. The fourth-order valence-corrected chi connectivity index (χ4v) is 4.93. The van der Waals surface area contributed by atoms with Crippen LogP contribution < -0.4 is 0 Å². The summed E-state index contributed by atoms with van der Waals surface area (Å²) >= 11 is 0. The normalized spacial score (nSPS) is 23.8. The van der Waals surface area contributed by atoms with E-state index in [1.807, 2.05) is 4.90 Å². The molecule has 0 N–H and O–H groups in total. The number of amides is 2. The number of carbonyl (C=O) groups excluding carboxylic acids is 2. The minimum Gasteiger partial charge on any atom is -0.342 e. The second kappa shape index (κ2) is 9.51. The van der Waals surface area contributed by atoms with Crippen LogP contribution in [0.15, 0.2) is 0 Å². The lowest BCUT2D eigenvalue weighted by atomic mass is 10.1. The average molecular weight is 416 g/mol. The molecule has 10 heteroatoms. The Kier molecular flexibility index (Phi) is 7.30. The number of hydrogen-bond donors (Lipinski definition) is 0. The van der Waals surface area contributed by atoms with Gasteiger partial charge in [0.2, 0.25) is 21.8 Å². The van der Waals surface area contributed by atoms with E-state index in [1.54, 1.807) is 4.90 Å². The molecule has 3 saturated heterocycles. The van der Waals surface area contributed by atoms with Crippen molar-refractivity contribution in [1.82, 2.24) is 23.9 Å². The van der Waals surface area contributed by atoms with Crippen LogP contribution >= 0.6 is 0 Å². The zero-order valence-electron chi connectivity index (χ0n) is 16.9. The summed E-state index contributed by atoms with van der Waals surface area (Å²) in [5.74, 6) is 0.291. The first-order valence-electron chi connectivity index (χ1n) is 10.3. The summed E-state index contributed by atoms with van der Waals surface area (Å²) < 4.78 is 24.6. The van der Waals surface area contributed by atoms with E-state index in [-0.39, 0.29) is 11.8 Å². The Hall–Kier alpha value is -1.23. The Morgan fingerprint density at radius 1 is 0.643 bits per heavy atom. The first kappa shape index (κ1) is 21.5.